The molecule has 0 saturated heterocycles. The van der Waals surface area contributed by atoms with Gasteiger partial charge in [-0.3, -0.25) is 0 Å². The van der Waals surface area contributed by atoms with Crippen LogP contribution in [-0.4, -0.2) is 0 Å². The zero-order valence-corrected chi connectivity index (χ0v) is 28.6. The van der Waals surface area contributed by atoms with Gasteiger partial charge in [0.15, 0.2) is 0 Å². The number of hydrogen-bond acceptors (Lipinski definition) is 0. The van der Waals surface area contributed by atoms with Crippen LogP contribution in [0.1, 0.15) is 0 Å². The van der Waals surface area contributed by atoms with Crippen molar-refractivity contribution < 1.29 is 283 Å². The topological polar surface area (TPSA) is 0 Å². The molecule has 48 valence electrons. The first-order valence-corrected chi connectivity index (χ1v) is 0. The van der Waals surface area contributed by atoms with E-state index in [-0.39, 0.29) is 283 Å². The third kappa shape index (κ3) is 55.6. The molecular weight excluding hydrogens is 642 g/mol. The van der Waals surface area contributed by atoms with Crippen LogP contribution >= 0.6 is 0 Å². The molecule has 0 N–H and O–H groups in total. The Morgan fingerprint density at radius 3 is 0.400 bits per heavy atom. The summed E-state index contributed by atoms with van der Waals surface area (Å²) < 4.78 is 0. The van der Waals surface area contributed by atoms with Crippen molar-refractivity contribution >= 4 is 0 Å². The van der Waals surface area contributed by atoms with Gasteiger partial charge in [-0.15, -0.1) is 0 Å². The minimum Gasteiger partial charge on any atom is -1.00 e. The third-order valence-electron chi connectivity index (χ3n) is 0. The van der Waals surface area contributed by atoms with E-state index in [0.29, 0.717) is 0 Å². The molecule has 0 heterocycles. The Labute approximate surface area is 273 Å². The molecule has 0 aliphatic rings. The monoisotopic (exact) mass is 640 g/mol. The first-order valence-electron chi connectivity index (χ1n) is 0. The van der Waals surface area contributed by atoms with Crippen LogP contribution in [0.5, 0.6) is 0 Å². The van der Waals surface area contributed by atoms with Gasteiger partial charge in [0.2, 0.25) is 0 Å². The summed E-state index contributed by atoms with van der Waals surface area (Å²) in [5.41, 5.74) is 0. The van der Waals surface area contributed by atoms with Crippen LogP contribution in [0.4, 0.5) is 0 Å². The van der Waals surface area contributed by atoms with Gasteiger partial charge in [-0.2, -0.15) is 0 Å². The van der Waals surface area contributed by atoms with Crippen LogP contribution in [-0.2, 0) is 0 Å². The summed E-state index contributed by atoms with van der Waals surface area (Å²) in [6.07, 6.45) is 0. The first kappa shape index (κ1) is 80.0. The number of rotatable bonds is 0. The second-order valence-electron chi connectivity index (χ2n) is 0. The average molecular weight is 642 g/mol. The Bertz CT molecular complexity index is 15.7. The van der Waals surface area contributed by atoms with Crippen molar-refractivity contribution in [2.45, 2.75) is 0 Å². The van der Waals surface area contributed by atoms with Crippen molar-refractivity contribution in [3.05, 3.63) is 0 Å². The van der Waals surface area contributed by atoms with Crippen LogP contribution in [0.15, 0.2) is 0 Å². The molecule has 0 aromatic carbocycles. The van der Waals surface area contributed by atoms with Gasteiger partial charge in [0, 0.05) is 0 Å². The van der Waals surface area contributed by atoms with Gasteiger partial charge in [-0.05, 0) is 0 Å². The van der Waals surface area contributed by atoms with Gasteiger partial charge in [-0.1, -0.05) is 0 Å². The maximum atomic E-state index is 0. The Morgan fingerprint density at radius 1 is 0.400 bits per heavy atom. The molecular formula is Cl6Cs2NaPr. The van der Waals surface area contributed by atoms with Crippen molar-refractivity contribution in [1.82, 2.24) is 0 Å². The smallest absolute Gasteiger partial charge is 1.00 e. The first-order chi connectivity index (χ1) is 0. The summed E-state index contributed by atoms with van der Waals surface area (Å²) in [5, 5.41) is 0. The van der Waals surface area contributed by atoms with E-state index in [4.69, 9.17) is 0 Å². The van der Waals surface area contributed by atoms with Crippen LogP contribution in [0.25, 0.3) is 0 Å². The van der Waals surface area contributed by atoms with Crippen LogP contribution < -0.4 is 242 Å². The van der Waals surface area contributed by atoms with Crippen molar-refractivity contribution in [2.75, 3.05) is 0 Å². The normalized spacial score (nSPS) is 0. The Kier molecular flexibility index (Phi) is 537. The standard InChI is InChI=1S/6ClH.2Cs.Na.Pr/h6*1H;;;;/q;;;;;;3*+1;+3/p-6. The summed E-state index contributed by atoms with van der Waals surface area (Å²) in [6, 6.07) is 0. The van der Waals surface area contributed by atoms with Gasteiger partial charge in [-0.25, -0.2) is 0 Å². The molecule has 0 spiro atoms. The van der Waals surface area contributed by atoms with E-state index in [0.717, 1.165) is 0 Å². The van der Waals surface area contributed by atoms with E-state index in [1.165, 1.54) is 0 Å². The molecule has 10 heavy (non-hydrogen) atoms. The quantitative estimate of drug-likeness (QED) is 0.231. The van der Waals surface area contributed by atoms with E-state index < -0.39 is 0 Å². The van der Waals surface area contributed by atoms with E-state index in [2.05, 4.69) is 0 Å². The van der Waals surface area contributed by atoms with Crippen LogP contribution in [0.2, 0.25) is 0 Å². The van der Waals surface area contributed by atoms with E-state index in [1.54, 1.807) is 0 Å². The second-order valence-corrected chi connectivity index (χ2v) is 0. The molecule has 0 nitrogen and oxygen atoms in total. The molecule has 0 aliphatic heterocycles. The molecule has 0 fully saturated rings. The van der Waals surface area contributed by atoms with Crippen molar-refractivity contribution in [3.8, 4) is 0 Å². The fourth-order valence-corrected chi connectivity index (χ4v) is 0. The SMILES string of the molecule is [Cl-].[Cl-].[Cl-].[Cl-].[Cl-].[Cl-].[Cs+].[Cs+].[Na+].[Pr+3]. The average Bonchev–Trinajstić information content (AvgIpc) is 0. The largest absolute Gasteiger partial charge is 3.00 e. The maximum absolute atomic E-state index is 0. The Balaban J connectivity index is 0. The third-order valence-corrected chi connectivity index (χ3v) is 0. The van der Waals surface area contributed by atoms with E-state index in [9.17, 15) is 0 Å². The zero-order valence-electron chi connectivity index (χ0n) is 5.85. The van der Waals surface area contributed by atoms with Crippen LogP contribution in [0.3, 0.4) is 0 Å². The summed E-state index contributed by atoms with van der Waals surface area (Å²) in [5.74, 6) is 0. The fraction of sp³-hybridized carbons (Fsp3) is 0. The molecule has 0 atom stereocenters. The summed E-state index contributed by atoms with van der Waals surface area (Å²) in [4.78, 5) is 0. The molecule has 0 saturated carbocycles. The van der Waals surface area contributed by atoms with Crippen molar-refractivity contribution in [3.63, 3.8) is 0 Å². The second kappa shape index (κ2) is 67.1. The zero-order chi connectivity index (χ0) is 0. The van der Waals surface area contributed by atoms with Gasteiger partial charge in [0.25, 0.3) is 0 Å². The van der Waals surface area contributed by atoms with E-state index in [1.807, 2.05) is 0 Å². The van der Waals surface area contributed by atoms with Gasteiger partial charge in [0.05, 0.1) is 0 Å². The molecule has 10 heteroatoms. The maximum Gasteiger partial charge on any atom is 3.00 e. The van der Waals surface area contributed by atoms with Gasteiger partial charge < -0.3 is 74.4 Å². The van der Waals surface area contributed by atoms with Gasteiger partial charge in [0.1, 0.15) is 0 Å². The molecule has 0 amide bonds. The molecule has 0 unspecified atom stereocenters. The Morgan fingerprint density at radius 2 is 0.400 bits per heavy atom. The molecule has 0 bridgehead atoms. The Hall–Kier alpha value is 8.21. The molecule has 0 rings (SSSR count). The molecule has 0 aromatic heterocycles. The predicted octanol–water partition coefficient (Wildman–Crippen LogP) is -27.0. The minimum absolute atomic E-state index is 0. The molecule has 0 aliphatic carbocycles. The fourth-order valence-electron chi connectivity index (χ4n) is 0. The summed E-state index contributed by atoms with van der Waals surface area (Å²) in [6.45, 7) is 0. The van der Waals surface area contributed by atoms with Gasteiger partial charge >= 0.3 is 209 Å². The van der Waals surface area contributed by atoms with Crippen molar-refractivity contribution in [1.29, 1.82) is 0 Å². The molecule has 0 radical (unpaired) electrons. The van der Waals surface area contributed by atoms with E-state index >= 15 is 0 Å². The molecule has 0 aromatic rings. The van der Waals surface area contributed by atoms with Crippen molar-refractivity contribution in [2.24, 2.45) is 0 Å². The number of hydrogen-bond donors (Lipinski definition) is 0. The summed E-state index contributed by atoms with van der Waals surface area (Å²) >= 11 is 0. The summed E-state index contributed by atoms with van der Waals surface area (Å²) in [7, 11) is 0. The minimum atomic E-state index is 0. The van der Waals surface area contributed by atoms with Crippen LogP contribution in [0, 0.1) is 41.3 Å². The predicted molar refractivity (Wildman–Crippen MR) is 0 cm³/mol. The number of halogens is 6.